The van der Waals surface area contributed by atoms with Crippen molar-refractivity contribution in [1.82, 2.24) is 10.3 Å². The molecule has 0 aromatic carbocycles. The summed E-state index contributed by atoms with van der Waals surface area (Å²) >= 11 is 0. The molecular weight excluding hydrogens is 182 g/mol. The maximum Gasteiger partial charge on any atom is 0.253 e. The number of aromatic nitrogens is 1. The maximum absolute atomic E-state index is 11.5. The van der Waals surface area contributed by atoms with Gasteiger partial charge in [0.2, 0.25) is 0 Å². The third-order valence-electron chi connectivity index (χ3n) is 1.75. The van der Waals surface area contributed by atoms with E-state index in [1.807, 2.05) is 0 Å². The van der Waals surface area contributed by atoms with Gasteiger partial charge in [0.15, 0.2) is 0 Å². The van der Waals surface area contributed by atoms with Gasteiger partial charge in [-0.25, -0.2) is 0 Å². The lowest BCUT2D eigenvalue weighted by atomic mass is 10.2. The van der Waals surface area contributed by atoms with Gasteiger partial charge in [0.1, 0.15) is 0 Å². The van der Waals surface area contributed by atoms with Crippen LogP contribution in [0.15, 0.2) is 12.3 Å². The van der Waals surface area contributed by atoms with Crippen LogP contribution in [0.3, 0.4) is 0 Å². The van der Waals surface area contributed by atoms with Crippen molar-refractivity contribution < 1.29 is 9.90 Å². The number of anilines is 1. The van der Waals surface area contributed by atoms with Crippen molar-refractivity contribution in [1.29, 1.82) is 0 Å². The molecule has 1 aromatic heterocycles. The molecule has 1 aromatic rings. The summed E-state index contributed by atoms with van der Waals surface area (Å²) < 4.78 is 0. The topological polar surface area (TPSA) is 88.2 Å². The minimum absolute atomic E-state index is 0.0828. The van der Waals surface area contributed by atoms with Gasteiger partial charge in [0.25, 0.3) is 5.91 Å². The van der Waals surface area contributed by atoms with Gasteiger partial charge in [0, 0.05) is 6.54 Å². The van der Waals surface area contributed by atoms with Crippen LogP contribution in [-0.4, -0.2) is 29.1 Å². The van der Waals surface area contributed by atoms with Crippen LogP contribution in [0.25, 0.3) is 0 Å². The molecule has 5 heteroatoms. The van der Waals surface area contributed by atoms with Gasteiger partial charge >= 0.3 is 0 Å². The number of nitrogen functional groups attached to an aromatic ring is 1. The molecule has 0 spiro atoms. The van der Waals surface area contributed by atoms with E-state index in [4.69, 9.17) is 10.8 Å². The molecule has 0 saturated heterocycles. The van der Waals surface area contributed by atoms with Crippen molar-refractivity contribution in [2.45, 2.75) is 6.92 Å². The van der Waals surface area contributed by atoms with Gasteiger partial charge in [-0.3, -0.25) is 9.78 Å². The van der Waals surface area contributed by atoms with Crippen LogP contribution in [0.4, 0.5) is 5.69 Å². The average Bonchev–Trinajstić information content (AvgIpc) is 2.18. The number of aliphatic hydroxyl groups excluding tert-OH is 1. The summed E-state index contributed by atoms with van der Waals surface area (Å²) in [5.41, 5.74) is 7.01. The Balaban J connectivity index is 2.83. The minimum atomic E-state index is -0.267. The normalized spacial score (nSPS) is 9.86. The molecule has 0 saturated carbocycles. The number of nitrogens with one attached hydrogen (secondary N) is 1. The maximum atomic E-state index is 11.5. The second kappa shape index (κ2) is 4.57. The van der Waals surface area contributed by atoms with Crippen LogP contribution in [-0.2, 0) is 0 Å². The van der Waals surface area contributed by atoms with Crippen LogP contribution in [0, 0.1) is 6.92 Å². The van der Waals surface area contributed by atoms with Crippen molar-refractivity contribution in [3.8, 4) is 0 Å². The zero-order valence-electron chi connectivity index (χ0n) is 7.95. The average molecular weight is 195 g/mol. The number of carbonyl (C=O) groups excluding carboxylic acids is 1. The number of hydrogen-bond acceptors (Lipinski definition) is 4. The second-order valence-corrected chi connectivity index (χ2v) is 2.88. The fourth-order valence-corrected chi connectivity index (χ4v) is 1.04. The molecule has 0 fully saturated rings. The fraction of sp³-hybridized carbons (Fsp3) is 0.333. The summed E-state index contributed by atoms with van der Waals surface area (Å²) in [6, 6.07) is 1.56. The number of amides is 1. The SMILES string of the molecule is Cc1ncc(N)cc1C(=O)NCCO. The molecule has 1 rings (SSSR count). The quantitative estimate of drug-likeness (QED) is 0.617. The third-order valence-corrected chi connectivity index (χ3v) is 1.75. The summed E-state index contributed by atoms with van der Waals surface area (Å²) in [5, 5.41) is 11.1. The highest BCUT2D eigenvalue weighted by molar-refractivity contribution is 5.95. The molecule has 14 heavy (non-hydrogen) atoms. The summed E-state index contributed by atoms with van der Waals surface area (Å²) in [5.74, 6) is -0.267. The van der Waals surface area contributed by atoms with E-state index in [0.717, 1.165) is 0 Å². The first-order valence-corrected chi connectivity index (χ1v) is 4.26. The summed E-state index contributed by atoms with van der Waals surface area (Å²) in [4.78, 5) is 15.4. The zero-order chi connectivity index (χ0) is 10.6. The van der Waals surface area contributed by atoms with Gasteiger partial charge in [-0.2, -0.15) is 0 Å². The first kappa shape index (κ1) is 10.5. The molecule has 0 radical (unpaired) electrons. The van der Waals surface area contributed by atoms with Crippen molar-refractivity contribution in [3.63, 3.8) is 0 Å². The van der Waals surface area contributed by atoms with Gasteiger partial charge < -0.3 is 16.2 Å². The summed E-state index contributed by atoms with van der Waals surface area (Å²) in [7, 11) is 0. The number of rotatable bonds is 3. The molecule has 76 valence electrons. The molecule has 0 unspecified atom stereocenters. The van der Waals surface area contributed by atoms with Crippen LogP contribution < -0.4 is 11.1 Å². The number of hydrogen-bond donors (Lipinski definition) is 3. The summed E-state index contributed by atoms with van der Waals surface area (Å²) in [6.45, 7) is 1.88. The molecular formula is C9H13N3O2. The van der Waals surface area contributed by atoms with Crippen molar-refractivity contribution in [2.24, 2.45) is 0 Å². The Kier molecular flexibility index (Phi) is 3.41. The first-order chi connectivity index (χ1) is 6.65. The van der Waals surface area contributed by atoms with Gasteiger partial charge in [-0.05, 0) is 13.0 Å². The standard InChI is InChI=1S/C9H13N3O2/c1-6-8(4-7(10)5-12-6)9(14)11-2-3-13/h4-5,13H,2-3,10H2,1H3,(H,11,14). The second-order valence-electron chi connectivity index (χ2n) is 2.88. The molecule has 0 aliphatic heterocycles. The van der Waals surface area contributed by atoms with Crippen molar-refractivity contribution >= 4 is 11.6 Å². The Morgan fingerprint density at radius 2 is 2.43 bits per heavy atom. The van der Waals surface area contributed by atoms with E-state index in [2.05, 4.69) is 10.3 Å². The lowest BCUT2D eigenvalue weighted by molar-refractivity contribution is 0.0944. The van der Waals surface area contributed by atoms with Gasteiger partial charge in [-0.15, -0.1) is 0 Å². The van der Waals surface area contributed by atoms with Crippen LogP contribution in [0.5, 0.6) is 0 Å². The molecule has 1 amide bonds. The Morgan fingerprint density at radius 1 is 1.71 bits per heavy atom. The predicted octanol–water partition coefficient (Wildman–Crippen LogP) is -0.306. The number of pyridine rings is 1. The molecule has 0 aliphatic rings. The molecule has 0 atom stereocenters. The van der Waals surface area contributed by atoms with E-state index in [1.54, 1.807) is 13.0 Å². The Labute approximate surface area is 82.0 Å². The lowest BCUT2D eigenvalue weighted by Crippen LogP contribution is -2.27. The number of carbonyl (C=O) groups is 1. The molecule has 1 heterocycles. The van der Waals surface area contributed by atoms with E-state index in [0.29, 0.717) is 16.9 Å². The summed E-state index contributed by atoms with van der Waals surface area (Å²) in [6.07, 6.45) is 1.50. The molecule has 0 bridgehead atoms. The largest absolute Gasteiger partial charge is 0.397 e. The van der Waals surface area contributed by atoms with Crippen molar-refractivity contribution in [2.75, 3.05) is 18.9 Å². The third kappa shape index (κ3) is 2.43. The molecule has 4 N–H and O–H groups in total. The smallest absolute Gasteiger partial charge is 0.253 e. The first-order valence-electron chi connectivity index (χ1n) is 4.26. The Morgan fingerprint density at radius 3 is 3.07 bits per heavy atom. The minimum Gasteiger partial charge on any atom is -0.397 e. The monoisotopic (exact) mass is 195 g/mol. The number of aliphatic hydroxyl groups is 1. The Hall–Kier alpha value is -1.62. The Bertz CT molecular complexity index is 339. The van der Waals surface area contributed by atoms with E-state index >= 15 is 0 Å². The van der Waals surface area contributed by atoms with Gasteiger partial charge in [-0.1, -0.05) is 0 Å². The van der Waals surface area contributed by atoms with Crippen LogP contribution >= 0.6 is 0 Å². The number of nitrogens with two attached hydrogens (primary N) is 1. The number of aryl methyl sites for hydroxylation is 1. The lowest BCUT2D eigenvalue weighted by Gasteiger charge is -2.06. The highest BCUT2D eigenvalue weighted by Crippen LogP contribution is 2.08. The highest BCUT2D eigenvalue weighted by atomic mass is 16.3. The predicted molar refractivity (Wildman–Crippen MR) is 52.8 cm³/mol. The van der Waals surface area contributed by atoms with E-state index in [-0.39, 0.29) is 19.1 Å². The van der Waals surface area contributed by atoms with Gasteiger partial charge in [0.05, 0.1) is 29.7 Å². The van der Waals surface area contributed by atoms with Crippen LogP contribution in [0.1, 0.15) is 16.1 Å². The van der Waals surface area contributed by atoms with E-state index in [9.17, 15) is 4.79 Å². The van der Waals surface area contributed by atoms with E-state index in [1.165, 1.54) is 6.20 Å². The van der Waals surface area contributed by atoms with E-state index < -0.39 is 0 Å². The highest BCUT2D eigenvalue weighted by Gasteiger charge is 2.09. The number of nitrogens with zero attached hydrogens (tertiary/aromatic N) is 1. The fourth-order valence-electron chi connectivity index (χ4n) is 1.04. The molecule has 5 nitrogen and oxygen atoms in total. The zero-order valence-corrected chi connectivity index (χ0v) is 7.95. The van der Waals surface area contributed by atoms with Crippen molar-refractivity contribution in [3.05, 3.63) is 23.5 Å². The van der Waals surface area contributed by atoms with Crippen LogP contribution in [0.2, 0.25) is 0 Å². The molecule has 0 aliphatic carbocycles.